The fourth-order valence-corrected chi connectivity index (χ4v) is 4.34. The molecule has 0 amide bonds. The van der Waals surface area contributed by atoms with Gasteiger partial charge in [0.2, 0.25) is 0 Å². The van der Waals surface area contributed by atoms with Gasteiger partial charge in [0.05, 0.1) is 5.02 Å². The lowest BCUT2D eigenvalue weighted by Gasteiger charge is -2.30. The van der Waals surface area contributed by atoms with E-state index in [0.29, 0.717) is 0 Å². The number of halogens is 1. The van der Waals surface area contributed by atoms with Crippen LogP contribution >= 0.6 is 23.4 Å². The van der Waals surface area contributed by atoms with Crippen molar-refractivity contribution >= 4 is 29.1 Å². The van der Waals surface area contributed by atoms with Crippen molar-refractivity contribution in [3.8, 4) is 0 Å². The van der Waals surface area contributed by atoms with Crippen LogP contribution in [0, 0.1) is 5.92 Å². The lowest BCUT2D eigenvalue weighted by atomic mass is 9.87. The molecule has 17 heavy (non-hydrogen) atoms. The fraction of sp³-hybridized carbons (Fsp3) is 0.571. The summed E-state index contributed by atoms with van der Waals surface area (Å²) in [6.07, 6.45) is 6.74. The van der Waals surface area contributed by atoms with Gasteiger partial charge < -0.3 is 5.73 Å². The molecule has 1 saturated carbocycles. The molecule has 2 atom stereocenters. The molecule has 94 valence electrons. The Bertz CT molecular complexity index is 380. The average molecular weight is 270 g/mol. The van der Waals surface area contributed by atoms with E-state index in [1.807, 2.05) is 23.9 Å². The standard InChI is InChI=1S/C14H20ClNS/c1-2-10-5-3-4-6-13(10)17-14-8-7-11(16)9-12(14)15/h7-10,13H,2-6,16H2,1H3. The molecule has 1 fully saturated rings. The second-order valence-electron chi connectivity index (χ2n) is 4.80. The van der Waals surface area contributed by atoms with Gasteiger partial charge in [0.1, 0.15) is 0 Å². The summed E-state index contributed by atoms with van der Waals surface area (Å²) in [6, 6.07) is 5.86. The summed E-state index contributed by atoms with van der Waals surface area (Å²) in [5, 5.41) is 1.53. The zero-order valence-electron chi connectivity index (χ0n) is 10.3. The summed E-state index contributed by atoms with van der Waals surface area (Å²) in [4.78, 5) is 1.19. The molecule has 0 radical (unpaired) electrons. The molecule has 0 aromatic heterocycles. The quantitative estimate of drug-likeness (QED) is 0.783. The van der Waals surface area contributed by atoms with Gasteiger partial charge in [-0.25, -0.2) is 0 Å². The first-order chi connectivity index (χ1) is 8.20. The first-order valence-electron chi connectivity index (χ1n) is 6.42. The molecule has 0 bridgehead atoms. The van der Waals surface area contributed by atoms with Gasteiger partial charge in [0.15, 0.2) is 0 Å². The number of nitrogens with two attached hydrogens (primary N) is 1. The minimum Gasteiger partial charge on any atom is -0.399 e. The number of benzene rings is 1. The van der Waals surface area contributed by atoms with Gasteiger partial charge in [-0.1, -0.05) is 37.8 Å². The predicted molar refractivity (Wildman–Crippen MR) is 77.8 cm³/mol. The van der Waals surface area contributed by atoms with Crippen molar-refractivity contribution < 1.29 is 0 Å². The van der Waals surface area contributed by atoms with Crippen LogP contribution in [0.2, 0.25) is 5.02 Å². The highest BCUT2D eigenvalue weighted by molar-refractivity contribution is 8.00. The van der Waals surface area contributed by atoms with Gasteiger partial charge in [-0.2, -0.15) is 0 Å². The Balaban J connectivity index is 2.08. The van der Waals surface area contributed by atoms with Gasteiger partial charge in [0, 0.05) is 15.8 Å². The van der Waals surface area contributed by atoms with Crippen molar-refractivity contribution in [1.29, 1.82) is 0 Å². The smallest absolute Gasteiger partial charge is 0.0562 e. The van der Waals surface area contributed by atoms with Crippen molar-refractivity contribution in [2.24, 2.45) is 5.92 Å². The molecule has 2 unspecified atom stereocenters. The summed E-state index contributed by atoms with van der Waals surface area (Å²) in [6.45, 7) is 2.30. The number of hydrogen-bond acceptors (Lipinski definition) is 2. The van der Waals surface area contributed by atoms with Crippen LogP contribution in [0.5, 0.6) is 0 Å². The average Bonchev–Trinajstić information content (AvgIpc) is 2.33. The van der Waals surface area contributed by atoms with E-state index < -0.39 is 0 Å². The molecule has 0 saturated heterocycles. The first-order valence-corrected chi connectivity index (χ1v) is 7.68. The lowest BCUT2D eigenvalue weighted by Crippen LogP contribution is -2.21. The zero-order valence-corrected chi connectivity index (χ0v) is 11.9. The second kappa shape index (κ2) is 6.01. The summed E-state index contributed by atoms with van der Waals surface area (Å²) in [5.74, 6) is 0.849. The zero-order chi connectivity index (χ0) is 12.3. The minimum atomic E-state index is 0.731. The predicted octanol–water partition coefficient (Wildman–Crippen LogP) is 4.98. The van der Waals surface area contributed by atoms with Gasteiger partial charge in [-0.3, -0.25) is 0 Å². The summed E-state index contributed by atoms with van der Waals surface area (Å²) < 4.78 is 0. The van der Waals surface area contributed by atoms with Crippen molar-refractivity contribution in [3.63, 3.8) is 0 Å². The topological polar surface area (TPSA) is 26.0 Å². The van der Waals surface area contributed by atoms with Crippen LogP contribution in [-0.2, 0) is 0 Å². The van der Waals surface area contributed by atoms with Crippen LogP contribution in [-0.4, -0.2) is 5.25 Å². The van der Waals surface area contributed by atoms with Gasteiger partial charge in [0.25, 0.3) is 0 Å². The maximum Gasteiger partial charge on any atom is 0.0562 e. The van der Waals surface area contributed by atoms with Crippen LogP contribution in [0.1, 0.15) is 39.0 Å². The summed E-state index contributed by atoms with van der Waals surface area (Å²) in [5.41, 5.74) is 6.47. The number of rotatable bonds is 3. The van der Waals surface area contributed by atoms with E-state index in [1.165, 1.54) is 37.0 Å². The molecule has 0 aliphatic heterocycles. The maximum atomic E-state index is 6.24. The molecule has 2 rings (SSSR count). The second-order valence-corrected chi connectivity index (χ2v) is 6.49. The highest BCUT2D eigenvalue weighted by Crippen LogP contribution is 2.41. The summed E-state index contributed by atoms with van der Waals surface area (Å²) in [7, 11) is 0. The molecule has 2 N–H and O–H groups in total. The Hall–Kier alpha value is -0.340. The van der Waals surface area contributed by atoms with E-state index in [2.05, 4.69) is 13.0 Å². The highest BCUT2D eigenvalue weighted by atomic mass is 35.5. The Kier molecular flexibility index (Phi) is 4.63. The van der Waals surface area contributed by atoms with E-state index in [9.17, 15) is 0 Å². The maximum absolute atomic E-state index is 6.24. The third-order valence-corrected chi connectivity index (χ3v) is 5.56. The van der Waals surface area contributed by atoms with Crippen LogP contribution < -0.4 is 5.73 Å². The molecular weight excluding hydrogens is 250 g/mol. The van der Waals surface area contributed by atoms with E-state index in [1.54, 1.807) is 0 Å². The van der Waals surface area contributed by atoms with Crippen LogP contribution in [0.25, 0.3) is 0 Å². The van der Waals surface area contributed by atoms with Crippen molar-refractivity contribution in [1.82, 2.24) is 0 Å². The van der Waals surface area contributed by atoms with Crippen LogP contribution in [0.15, 0.2) is 23.1 Å². The van der Waals surface area contributed by atoms with Gasteiger partial charge in [-0.15, -0.1) is 11.8 Å². The normalized spacial score (nSPS) is 24.8. The number of anilines is 1. The molecule has 1 aliphatic rings. The van der Waals surface area contributed by atoms with Crippen molar-refractivity contribution in [2.45, 2.75) is 49.2 Å². The molecule has 1 aromatic carbocycles. The Morgan fingerprint density at radius 1 is 1.35 bits per heavy atom. The molecule has 1 aliphatic carbocycles. The Morgan fingerprint density at radius 2 is 2.12 bits per heavy atom. The van der Waals surface area contributed by atoms with E-state index >= 15 is 0 Å². The summed E-state index contributed by atoms with van der Waals surface area (Å²) >= 11 is 8.18. The number of thioether (sulfide) groups is 1. The van der Waals surface area contributed by atoms with E-state index in [0.717, 1.165) is 21.9 Å². The van der Waals surface area contributed by atoms with Gasteiger partial charge >= 0.3 is 0 Å². The molecule has 3 heteroatoms. The fourth-order valence-electron chi connectivity index (χ4n) is 2.57. The largest absolute Gasteiger partial charge is 0.399 e. The third kappa shape index (κ3) is 3.32. The molecule has 0 heterocycles. The lowest BCUT2D eigenvalue weighted by molar-refractivity contribution is 0.361. The molecular formula is C14H20ClNS. The molecule has 0 spiro atoms. The van der Waals surface area contributed by atoms with Crippen LogP contribution in [0.3, 0.4) is 0 Å². The van der Waals surface area contributed by atoms with Crippen molar-refractivity contribution in [2.75, 3.05) is 5.73 Å². The van der Waals surface area contributed by atoms with E-state index in [4.69, 9.17) is 17.3 Å². The SMILES string of the molecule is CCC1CCCCC1Sc1ccc(N)cc1Cl. The van der Waals surface area contributed by atoms with E-state index in [-0.39, 0.29) is 0 Å². The molecule has 1 nitrogen and oxygen atoms in total. The highest BCUT2D eigenvalue weighted by Gasteiger charge is 2.25. The monoisotopic (exact) mass is 269 g/mol. The van der Waals surface area contributed by atoms with Crippen molar-refractivity contribution in [3.05, 3.63) is 23.2 Å². The Labute approximate surface area is 113 Å². The third-order valence-electron chi connectivity index (χ3n) is 3.60. The number of hydrogen-bond donors (Lipinski definition) is 1. The first kappa shape index (κ1) is 13.1. The Morgan fingerprint density at radius 3 is 2.82 bits per heavy atom. The van der Waals surface area contributed by atoms with Crippen LogP contribution in [0.4, 0.5) is 5.69 Å². The van der Waals surface area contributed by atoms with Gasteiger partial charge in [-0.05, 0) is 37.0 Å². The number of nitrogen functional groups attached to an aromatic ring is 1. The minimum absolute atomic E-state index is 0.731. The molecule has 1 aromatic rings.